The predicted molar refractivity (Wildman–Crippen MR) is 59.0 cm³/mol. The number of hydrogen-bond acceptors (Lipinski definition) is 2. The summed E-state index contributed by atoms with van der Waals surface area (Å²) in [6, 6.07) is 7.38. The summed E-state index contributed by atoms with van der Waals surface area (Å²) in [5.74, 6) is 0.407. The summed E-state index contributed by atoms with van der Waals surface area (Å²) in [6.07, 6.45) is 2.53. The molecule has 15 heavy (non-hydrogen) atoms. The molecule has 0 N–H and O–H groups in total. The van der Waals surface area contributed by atoms with Crippen molar-refractivity contribution in [1.82, 2.24) is 9.55 Å². The molecule has 76 valence electrons. The van der Waals surface area contributed by atoms with E-state index in [4.69, 9.17) is 11.6 Å². The Balaban J connectivity index is 2.49. The van der Waals surface area contributed by atoms with E-state index < -0.39 is 0 Å². The first-order chi connectivity index (χ1) is 7.20. The summed E-state index contributed by atoms with van der Waals surface area (Å²) < 4.78 is 1.68. The highest BCUT2D eigenvalue weighted by molar-refractivity contribution is 6.30. The summed E-state index contributed by atoms with van der Waals surface area (Å²) in [4.78, 5) is 14.8. The standard InChI is InChI=1S/C11H9ClN2O/c1-14-6-10(13-11(14)7-15)8-3-2-4-9(12)5-8/h2-7H,1H3. The largest absolute Gasteiger partial charge is 0.331 e. The normalized spacial score (nSPS) is 10.3. The molecule has 2 rings (SSSR count). The number of imidazole rings is 1. The number of benzene rings is 1. The van der Waals surface area contributed by atoms with Crippen LogP contribution in [0.4, 0.5) is 0 Å². The van der Waals surface area contributed by atoms with Crippen molar-refractivity contribution in [1.29, 1.82) is 0 Å². The first-order valence-corrected chi connectivity index (χ1v) is 4.83. The van der Waals surface area contributed by atoms with Gasteiger partial charge in [-0.25, -0.2) is 4.98 Å². The number of carbonyl (C=O) groups is 1. The van der Waals surface area contributed by atoms with E-state index in [1.807, 2.05) is 18.2 Å². The molecule has 0 radical (unpaired) electrons. The Kier molecular flexibility index (Phi) is 2.56. The second-order valence-electron chi connectivity index (χ2n) is 3.22. The molecule has 2 aromatic rings. The molecule has 0 fully saturated rings. The lowest BCUT2D eigenvalue weighted by Gasteiger charge is -1.95. The summed E-state index contributed by atoms with van der Waals surface area (Å²) in [5.41, 5.74) is 1.66. The van der Waals surface area contributed by atoms with Gasteiger partial charge in [-0.05, 0) is 12.1 Å². The molecular weight excluding hydrogens is 212 g/mol. The highest BCUT2D eigenvalue weighted by Crippen LogP contribution is 2.21. The zero-order chi connectivity index (χ0) is 10.8. The van der Waals surface area contributed by atoms with Gasteiger partial charge in [-0.15, -0.1) is 0 Å². The van der Waals surface area contributed by atoms with Crippen molar-refractivity contribution in [2.75, 3.05) is 0 Å². The van der Waals surface area contributed by atoms with Crippen molar-refractivity contribution in [2.24, 2.45) is 7.05 Å². The van der Waals surface area contributed by atoms with Crippen LogP contribution in [0.1, 0.15) is 10.6 Å². The van der Waals surface area contributed by atoms with Crippen molar-refractivity contribution in [3.8, 4) is 11.3 Å². The van der Waals surface area contributed by atoms with Gasteiger partial charge < -0.3 is 4.57 Å². The fraction of sp³-hybridized carbons (Fsp3) is 0.0909. The van der Waals surface area contributed by atoms with E-state index in [-0.39, 0.29) is 0 Å². The van der Waals surface area contributed by atoms with Crippen LogP contribution in [0.25, 0.3) is 11.3 Å². The van der Waals surface area contributed by atoms with Gasteiger partial charge in [0.05, 0.1) is 5.69 Å². The molecule has 0 unspecified atom stereocenters. The number of aryl methyl sites for hydroxylation is 1. The molecule has 1 aromatic heterocycles. The Morgan fingerprint density at radius 2 is 2.27 bits per heavy atom. The molecule has 0 aliphatic carbocycles. The molecular formula is C11H9ClN2O. The van der Waals surface area contributed by atoms with E-state index in [1.165, 1.54) is 0 Å². The van der Waals surface area contributed by atoms with Crippen LogP contribution in [-0.2, 0) is 7.05 Å². The number of nitrogens with zero attached hydrogens (tertiary/aromatic N) is 2. The Labute approximate surface area is 92.3 Å². The highest BCUT2D eigenvalue weighted by Gasteiger charge is 2.06. The minimum absolute atomic E-state index is 0.407. The monoisotopic (exact) mass is 220 g/mol. The van der Waals surface area contributed by atoms with Crippen LogP contribution in [0.5, 0.6) is 0 Å². The topological polar surface area (TPSA) is 34.9 Å². The molecule has 0 spiro atoms. The van der Waals surface area contributed by atoms with Crippen LogP contribution >= 0.6 is 11.6 Å². The molecule has 0 amide bonds. The van der Waals surface area contributed by atoms with Crippen LogP contribution in [0.2, 0.25) is 5.02 Å². The number of carbonyl (C=O) groups excluding carboxylic acids is 1. The average Bonchev–Trinajstić information content (AvgIpc) is 2.60. The lowest BCUT2D eigenvalue weighted by Crippen LogP contribution is -1.92. The number of rotatable bonds is 2. The van der Waals surface area contributed by atoms with Gasteiger partial charge in [0.2, 0.25) is 0 Å². The molecule has 0 saturated carbocycles. The minimum atomic E-state index is 0.407. The minimum Gasteiger partial charge on any atom is -0.331 e. The Hall–Kier alpha value is -1.61. The molecule has 0 atom stereocenters. The molecule has 3 nitrogen and oxygen atoms in total. The van der Waals surface area contributed by atoms with E-state index in [1.54, 1.807) is 23.9 Å². The Bertz CT molecular complexity index is 505. The van der Waals surface area contributed by atoms with Gasteiger partial charge in [0.15, 0.2) is 12.1 Å². The van der Waals surface area contributed by atoms with E-state index >= 15 is 0 Å². The van der Waals surface area contributed by atoms with Gasteiger partial charge in [0.1, 0.15) is 0 Å². The maximum atomic E-state index is 10.6. The molecule has 1 aromatic carbocycles. The van der Waals surface area contributed by atoms with Crippen molar-refractivity contribution in [2.45, 2.75) is 0 Å². The van der Waals surface area contributed by atoms with Crippen LogP contribution < -0.4 is 0 Å². The summed E-state index contributed by atoms with van der Waals surface area (Å²) >= 11 is 5.87. The number of aromatic nitrogens is 2. The average molecular weight is 221 g/mol. The van der Waals surface area contributed by atoms with Gasteiger partial charge in [-0.2, -0.15) is 0 Å². The van der Waals surface area contributed by atoms with Crippen LogP contribution in [-0.4, -0.2) is 15.8 Å². The number of halogens is 1. The van der Waals surface area contributed by atoms with E-state index in [9.17, 15) is 4.79 Å². The predicted octanol–water partition coefficient (Wildman–Crippen LogP) is 2.55. The fourth-order valence-corrected chi connectivity index (χ4v) is 1.57. The van der Waals surface area contributed by atoms with Crippen molar-refractivity contribution >= 4 is 17.9 Å². The molecule has 0 saturated heterocycles. The summed E-state index contributed by atoms with van der Waals surface area (Å²) in [6.45, 7) is 0. The zero-order valence-electron chi connectivity index (χ0n) is 8.14. The molecule has 1 heterocycles. The van der Waals surface area contributed by atoms with Gasteiger partial charge in [0.25, 0.3) is 0 Å². The zero-order valence-corrected chi connectivity index (χ0v) is 8.90. The molecule has 0 bridgehead atoms. The lowest BCUT2D eigenvalue weighted by molar-refractivity contribution is 0.111. The van der Waals surface area contributed by atoms with Gasteiger partial charge >= 0.3 is 0 Å². The maximum absolute atomic E-state index is 10.6. The third kappa shape index (κ3) is 1.92. The SMILES string of the molecule is Cn1cc(-c2cccc(Cl)c2)nc1C=O. The molecule has 4 heteroatoms. The maximum Gasteiger partial charge on any atom is 0.185 e. The van der Waals surface area contributed by atoms with Gasteiger partial charge in [-0.3, -0.25) is 4.79 Å². The van der Waals surface area contributed by atoms with Crippen LogP contribution in [0, 0.1) is 0 Å². The number of aldehydes is 1. The van der Waals surface area contributed by atoms with Crippen LogP contribution in [0.3, 0.4) is 0 Å². The van der Waals surface area contributed by atoms with Crippen LogP contribution in [0.15, 0.2) is 30.5 Å². The quantitative estimate of drug-likeness (QED) is 0.729. The Morgan fingerprint density at radius 3 is 2.87 bits per heavy atom. The van der Waals surface area contributed by atoms with Gasteiger partial charge in [-0.1, -0.05) is 23.7 Å². The summed E-state index contributed by atoms with van der Waals surface area (Å²) in [7, 11) is 1.78. The Morgan fingerprint density at radius 1 is 1.47 bits per heavy atom. The second kappa shape index (κ2) is 3.87. The third-order valence-electron chi connectivity index (χ3n) is 2.14. The first-order valence-electron chi connectivity index (χ1n) is 4.45. The van der Waals surface area contributed by atoms with E-state index in [0.717, 1.165) is 17.5 Å². The number of hydrogen-bond donors (Lipinski definition) is 0. The van der Waals surface area contributed by atoms with E-state index in [2.05, 4.69) is 4.98 Å². The highest BCUT2D eigenvalue weighted by atomic mass is 35.5. The third-order valence-corrected chi connectivity index (χ3v) is 2.37. The fourth-order valence-electron chi connectivity index (χ4n) is 1.38. The van der Waals surface area contributed by atoms with E-state index in [0.29, 0.717) is 10.8 Å². The van der Waals surface area contributed by atoms with Crippen molar-refractivity contribution < 1.29 is 4.79 Å². The molecule has 0 aliphatic rings. The smallest absolute Gasteiger partial charge is 0.185 e. The lowest BCUT2D eigenvalue weighted by atomic mass is 10.2. The van der Waals surface area contributed by atoms with Crippen molar-refractivity contribution in [3.63, 3.8) is 0 Å². The second-order valence-corrected chi connectivity index (χ2v) is 3.66. The van der Waals surface area contributed by atoms with Crippen molar-refractivity contribution in [3.05, 3.63) is 41.3 Å². The molecule has 0 aliphatic heterocycles. The van der Waals surface area contributed by atoms with Gasteiger partial charge in [0, 0.05) is 23.8 Å². The first kappa shape index (κ1) is 9.93. The summed E-state index contributed by atoms with van der Waals surface area (Å²) in [5, 5.41) is 0.658.